The monoisotopic (exact) mass is 571 g/mol. The topological polar surface area (TPSA) is 3.24 Å². The molecule has 4 aromatic rings. The standard InChI is InChI=1S/C42H53N/c1-6-9-11-18-30-42(31-19-12-10-7-2)39-23-17-16-22-37(39)38-29-28-36(32-40(38)42)43(35-26-24-33(8-3)25-27-35)41(4,5)34-20-14-13-15-21-34/h13-17,20-29,32H,6-12,18-19,30-31H2,1-5H3. The molecule has 0 saturated carbocycles. The summed E-state index contributed by atoms with van der Waals surface area (Å²) in [5.41, 5.74) is 11.1. The average Bonchev–Trinajstić information content (AvgIpc) is 3.31. The highest BCUT2D eigenvalue weighted by Gasteiger charge is 2.43. The molecule has 1 aliphatic rings. The van der Waals surface area contributed by atoms with Crippen LogP contribution < -0.4 is 4.90 Å². The first kappa shape index (κ1) is 31.1. The maximum atomic E-state index is 2.59. The van der Waals surface area contributed by atoms with Crippen molar-refractivity contribution in [2.45, 2.75) is 116 Å². The summed E-state index contributed by atoms with van der Waals surface area (Å²) in [6, 6.07) is 37.1. The van der Waals surface area contributed by atoms with Crippen molar-refractivity contribution in [3.8, 4) is 11.1 Å². The minimum Gasteiger partial charge on any atom is -0.332 e. The van der Waals surface area contributed by atoms with Crippen LogP contribution in [-0.4, -0.2) is 0 Å². The van der Waals surface area contributed by atoms with E-state index >= 15 is 0 Å². The number of aryl methyl sites for hydroxylation is 1. The number of hydrogen-bond donors (Lipinski definition) is 0. The summed E-state index contributed by atoms with van der Waals surface area (Å²) in [5.74, 6) is 0. The molecular formula is C42H53N. The Morgan fingerprint density at radius 3 is 1.77 bits per heavy atom. The summed E-state index contributed by atoms with van der Waals surface area (Å²) in [7, 11) is 0. The number of anilines is 2. The van der Waals surface area contributed by atoms with Crippen LogP contribution in [0, 0.1) is 0 Å². The lowest BCUT2D eigenvalue weighted by Gasteiger charge is -2.42. The second-order valence-electron chi connectivity index (χ2n) is 13.3. The van der Waals surface area contributed by atoms with Crippen molar-refractivity contribution in [1.29, 1.82) is 0 Å². The van der Waals surface area contributed by atoms with Gasteiger partial charge in [0.15, 0.2) is 0 Å². The second-order valence-corrected chi connectivity index (χ2v) is 13.3. The molecule has 0 N–H and O–H groups in total. The number of hydrogen-bond acceptors (Lipinski definition) is 1. The van der Waals surface area contributed by atoms with E-state index in [2.05, 4.69) is 137 Å². The summed E-state index contributed by atoms with van der Waals surface area (Å²) >= 11 is 0. The molecule has 0 aromatic heterocycles. The van der Waals surface area contributed by atoms with Gasteiger partial charge in [-0.05, 0) is 90.8 Å². The van der Waals surface area contributed by atoms with Crippen molar-refractivity contribution in [3.05, 3.63) is 119 Å². The van der Waals surface area contributed by atoms with Crippen molar-refractivity contribution < 1.29 is 0 Å². The Morgan fingerprint density at radius 2 is 1.14 bits per heavy atom. The van der Waals surface area contributed by atoms with Gasteiger partial charge in [-0.15, -0.1) is 0 Å². The first-order valence-corrected chi connectivity index (χ1v) is 17.2. The van der Waals surface area contributed by atoms with Crippen molar-refractivity contribution in [2.75, 3.05) is 4.90 Å². The zero-order valence-corrected chi connectivity index (χ0v) is 27.5. The van der Waals surface area contributed by atoms with Gasteiger partial charge in [0, 0.05) is 16.8 Å². The van der Waals surface area contributed by atoms with E-state index in [-0.39, 0.29) is 11.0 Å². The number of nitrogens with zero attached hydrogens (tertiary/aromatic N) is 1. The third-order valence-electron chi connectivity index (χ3n) is 10.1. The Hall–Kier alpha value is -3.32. The van der Waals surface area contributed by atoms with Crippen LogP contribution >= 0.6 is 0 Å². The van der Waals surface area contributed by atoms with Gasteiger partial charge in [-0.2, -0.15) is 0 Å². The van der Waals surface area contributed by atoms with Crippen LogP contribution in [0.2, 0.25) is 0 Å². The third kappa shape index (κ3) is 6.33. The maximum Gasteiger partial charge on any atom is 0.0646 e. The van der Waals surface area contributed by atoms with Crippen LogP contribution in [0.5, 0.6) is 0 Å². The first-order valence-electron chi connectivity index (χ1n) is 17.2. The zero-order valence-electron chi connectivity index (χ0n) is 27.5. The molecule has 0 spiro atoms. The molecule has 43 heavy (non-hydrogen) atoms. The van der Waals surface area contributed by atoms with E-state index in [1.165, 1.54) is 97.8 Å². The molecule has 0 fully saturated rings. The van der Waals surface area contributed by atoms with Gasteiger partial charge in [0.25, 0.3) is 0 Å². The quantitative estimate of drug-likeness (QED) is 0.128. The molecule has 0 bridgehead atoms. The van der Waals surface area contributed by atoms with E-state index in [9.17, 15) is 0 Å². The Balaban J connectivity index is 1.66. The van der Waals surface area contributed by atoms with Crippen LogP contribution in [0.1, 0.15) is 121 Å². The van der Waals surface area contributed by atoms with E-state index < -0.39 is 0 Å². The Labute approximate surface area is 262 Å². The zero-order chi connectivity index (χ0) is 30.3. The molecule has 0 saturated heterocycles. The van der Waals surface area contributed by atoms with Crippen LogP contribution in [0.4, 0.5) is 11.4 Å². The summed E-state index contributed by atoms with van der Waals surface area (Å²) in [4.78, 5) is 2.59. The van der Waals surface area contributed by atoms with Crippen LogP contribution in [0.3, 0.4) is 0 Å². The van der Waals surface area contributed by atoms with E-state index in [0.29, 0.717) is 0 Å². The molecule has 0 heterocycles. The molecule has 1 heteroatoms. The second kappa shape index (κ2) is 14.0. The molecule has 5 rings (SSSR count). The van der Waals surface area contributed by atoms with Crippen LogP contribution in [0.15, 0.2) is 97.1 Å². The number of rotatable bonds is 15. The number of benzene rings is 4. The Morgan fingerprint density at radius 1 is 0.558 bits per heavy atom. The van der Waals surface area contributed by atoms with Gasteiger partial charge in [0.05, 0.1) is 5.54 Å². The molecule has 1 aliphatic carbocycles. The summed E-state index contributed by atoms with van der Waals surface area (Å²) in [6.07, 6.45) is 14.0. The molecule has 226 valence electrons. The van der Waals surface area contributed by atoms with Gasteiger partial charge in [-0.1, -0.05) is 145 Å². The van der Waals surface area contributed by atoms with Crippen LogP contribution in [0.25, 0.3) is 11.1 Å². The normalized spacial score (nSPS) is 13.5. The van der Waals surface area contributed by atoms with Crippen LogP contribution in [-0.2, 0) is 17.4 Å². The number of unbranched alkanes of at least 4 members (excludes halogenated alkanes) is 6. The van der Waals surface area contributed by atoms with Gasteiger partial charge in [0.2, 0.25) is 0 Å². The summed E-state index contributed by atoms with van der Waals surface area (Å²) in [5, 5.41) is 0. The summed E-state index contributed by atoms with van der Waals surface area (Å²) in [6.45, 7) is 11.6. The lowest BCUT2D eigenvalue weighted by molar-refractivity contribution is 0.401. The SMILES string of the molecule is CCCCCCC1(CCCCCC)c2ccccc2-c2ccc(N(c3ccc(CC)cc3)C(C)(C)c3ccccc3)cc21. The lowest BCUT2D eigenvalue weighted by Crippen LogP contribution is -2.38. The molecule has 0 unspecified atom stereocenters. The minimum atomic E-state index is -0.237. The predicted octanol–water partition coefficient (Wildman–Crippen LogP) is 12.5. The van der Waals surface area contributed by atoms with E-state index in [1.54, 1.807) is 11.1 Å². The van der Waals surface area contributed by atoms with Crippen molar-refractivity contribution >= 4 is 11.4 Å². The molecule has 1 nitrogen and oxygen atoms in total. The average molecular weight is 572 g/mol. The Bertz CT molecular complexity index is 1430. The largest absolute Gasteiger partial charge is 0.332 e. The van der Waals surface area contributed by atoms with Crippen molar-refractivity contribution in [3.63, 3.8) is 0 Å². The summed E-state index contributed by atoms with van der Waals surface area (Å²) < 4.78 is 0. The van der Waals surface area contributed by atoms with E-state index in [4.69, 9.17) is 0 Å². The molecular weight excluding hydrogens is 518 g/mol. The minimum absolute atomic E-state index is 0.0814. The van der Waals surface area contributed by atoms with Gasteiger partial charge < -0.3 is 4.90 Å². The molecule has 0 amide bonds. The van der Waals surface area contributed by atoms with Crippen molar-refractivity contribution in [1.82, 2.24) is 0 Å². The Kier molecular flexibility index (Phi) is 10.1. The van der Waals surface area contributed by atoms with Gasteiger partial charge in [-0.3, -0.25) is 0 Å². The van der Waals surface area contributed by atoms with Gasteiger partial charge in [0.1, 0.15) is 0 Å². The maximum absolute atomic E-state index is 2.59. The highest BCUT2D eigenvalue weighted by Crippen LogP contribution is 2.55. The highest BCUT2D eigenvalue weighted by atomic mass is 15.2. The fourth-order valence-electron chi connectivity index (χ4n) is 7.60. The smallest absolute Gasteiger partial charge is 0.0646 e. The van der Waals surface area contributed by atoms with Crippen molar-refractivity contribution in [2.24, 2.45) is 0 Å². The highest BCUT2D eigenvalue weighted by molar-refractivity contribution is 5.84. The first-order chi connectivity index (χ1) is 21.0. The molecule has 0 atom stereocenters. The fourth-order valence-corrected chi connectivity index (χ4v) is 7.60. The van der Waals surface area contributed by atoms with Gasteiger partial charge in [-0.25, -0.2) is 0 Å². The van der Waals surface area contributed by atoms with E-state index in [1.807, 2.05) is 0 Å². The van der Waals surface area contributed by atoms with E-state index in [0.717, 1.165) is 6.42 Å². The lowest BCUT2D eigenvalue weighted by atomic mass is 9.70. The third-order valence-corrected chi connectivity index (χ3v) is 10.1. The van der Waals surface area contributed by atoms with Gasteiger partial charge >= 0.3 is 0 Å². The molecule has 0 radical (unpaired) electrons. The fraction of sp³-hybridized carbons (Fsp3) is 0.429. The molecule has 4 aromatic carbocycles. The predicted molar refractivity (Wildman–Crippen MR) is 188 cm³/mol. The molecule has 0 aliphatic heterocycles. The number of fused-ring (bicyclic) bond motifs is 3.